The predicted molar refractivity (Wildman–Crippen MR) is 124 cm³/mol. The fourth-order valence-corrected chi connectivity index (χ4v) is 3.69. The summed E-state index contributed by atoms with van der Waals surface area (Å²) in [6.07, 6.45) is 5.36. The highest BCUT2D eigenvalue weighted by atomic mass is 16.5. The highest BCUT2D eigenvalue weighted by Gasteiger charge is 2.23. The Morgan fingerprint density at radius 2 is 1.85 bits per heavy atom. The zero-order chi connectivity index (χ0) is 22.9. The van der Waals surface area contributed by atoms with E-state index >= 15 is 0 Å². The lowest BCUT2D eigenvalue weighted by molar-refractivity contribution is 0.415. The van der Waals surface area contributed by atoms with Gasteiger partial charge in [0.1, 0.15) is 22.9 Å². The standard InChI is InChI=1S/C25H20N4O4/c1-15-14-20(30)23(31)24(33-15)22-21(16-5-7-18(32-2)8-6-16)27-25(28-22)19-4-3-13-29(19)17-9-11-26-12-10-17/h3-14,31H,1-2H3,(H,27,28). The van der Waals surface area contributed by atoms with Gasteiger partial charge in [0.25, 0.3) is 0 Å². The van der Waals surface area contributed by atoms with Crippen LogP contribution in [-0.4, -0.2) is 31.7 Å². The van der Waals surface area contributed by atoms with E-state index < -0.39 is 11.2 Å². The second kappa shape index (κ2) is 8.16. The molecule has 5 aromatic rings. The number of pyridine rings is 1. The molecule has 33 heavy (non-hydrogen) atoms. The van der Waals surface area contributed by atoms with Crippen LogP contribution in [-0.2, 0) is 0 Å². The Morgan fingerprint density at radius 3 is 2.58 bits per heavy atom. The molecule has 0 radical (unpaired) electrons. The minimum Gasteiger partial charge on any atom is -0.501 e. The van der Waals surface area contributed by atoms with Crippen molar-refractivity contribution in [2.24, 2.45) is 0 Å². The Bertz CT molecular complexity index is 1480. The molecule has 164 valence electrons. The first-order chi connectivity index (χ1) is 16.0. The largest absolute Gasteiger partial charge is 0.501 e. The SMILES string of the molecule is COc1ccc(-c2nc(-c3cccn3-c3ccncc3)[nH]c2-c2oc(C)cc(=O)c2O)cc1. The summed E-state index contributed by atoms with van der Waals surface area (Å²) in [4.78, 5) is 24.4. The number of aryl methyl sites for hydroxylation is 1. The van der Waals surface area contributed by atoms with Gasteiger partial charge in [-0.05, 0) is 55.5 Å². The Hall–Kier alpha value is -4.59. The number of nitrogens with zero attached hydrogens (tertiary/aromatic N) is 3. The van der Waals surface area contributed by atoms with Gasteiger partial charge in [0, 0.05) is 35.9 Å². The van der Waals surface area contributed by atoms with Crippen molar-refractivity contribution in [2.45, 2.75) is 6.92 Å². The van der Waals surface area contributed by atoms with Crippen LogP contribution < -0.4 is 10.2 Å². The van der Waals surface area contributed by atoms with E-state index in [9.17, 15) is 9.90 Å². The molecule has 2 N–H and O–H groups in total. The number of rotatable bonds is 5. The summed E-state index contributed by atoms with van der Waals surface area (Å²) in [5, 5.41) is 10.5. The first kappa shape index (κ1) is 20.3. The van der Waals surface area contributed by atoms with Crippen LogP contribution in [0.15, 0.2) is 82.4 Å². The number of ether oxygens (including phenoxy) is 1. The highest BCUT2D eigenvalue weighted by molar-refractivity contribution is 5.81. The number of methoxy groups -OCH3 is 1. The van der Waals surface area contributed by atoms with Crippen molar-refractivity contribution < 1.29 is 14.3 Å². The van der Waals surface area contributed by atoms with E-state index in [4.69, 9.17) is 14.1 Å². The van der Waals surface area contributed by atoms with Crippen molar-refractivity contribution in [3.8, 4) is 51.4 Å². The molecule has 0 amide bonds. The lowest BCUT2D eigenvalue weighted by Crippen LogP contribution is -2.01. The molecule has 5 rings (SSSR count). The summed E-state index contributed by atoms with van der Waals surface area (Å²) in [5.74, 6) is 1.18. The molecule has 0 saturated heterocycles. The molecule has 0 atom stereocenters. The average molecular weight is 440 g/mol. The van der Waals surface area contributed by atoms with E-state index in [2.05, 4.69) is 9.97 Å². The van der Waals surface area contributed by atoms with Gasteiger partial charge in [0.05, 0.1) is 12.8 Å². The molecule has 0 unspecified atom stereocenters. The third kappa shape index (κ3) is 3.67. The highest BCUT2D eigenvalue weighted by Crippen LogP contribution is 2.37. The van der Waals surface area contributed by atoms with Crippen LogP contribution in [0.1, 0.15) is 5.76 Å². The van der Waals surface area contributed by atoms with E-state index in [-0.39, 0.29) is 5.76 Å². The third-order valence-corrected chi connectivity index (χ3v) is 5.27. The summed E-state index contributed by atoms with van der Waals surface area (Å²) >= 11 is 0. The second-order valence-corrected chi connectivity index (χ2v) is 7.41. The number of imidazole rings is 1. The normalized spacial score (nSPS) is 11.0. The lowest BCUT2D eigenvalue weighted by atomic mass is 10.1. The minimum atomic E-state index is -0.522. The van der Waals surface area contributed by atoms with E-state index in [1.54, 1.807) is 26.4 Å². The van der Waals surface area contributed by atoms with Crippen LogP contribution in [0.25, 0.3) is 39.9 Å². The summed E-state index contributed by atoms with van der Waals surface area (Å²) in [6.45, 7) is 1.66. The molecule has 0 spiro atoms. The fourth-order valence-electron chi connectivity index (χ4n) is 3.69. The molecule has 8 nitrogen and oxygen atoms in total. The monoisotopic (exact) mass is 440 g/mol. The molecule has 0 saturated carbocycles. The summed E-state index contributed by atoms with van der Waals surface area (Å²) in [7, 11) is 1.60. The van der Waals surface area contributed by atoms with Crippen LogP contribution in [0.3, 0.4) is 0 Å². The molecule has 4 heterocycles. The van der Waals surface area contributed by atoms with Gasteiger partial charge in [-0.15, -0.1) is 0 Å². The van der Waals surface area contributed by atoms with Crippen molar-refractivity contribution >= 4 is 0 Å². The van der Waals surface area contributed by atoms with Crippen molar-refractivity contribution in [1.82, 2.24) is 19.5 Å². The second-order valence-electron chi connectivity index (χ2n) is 7.41. The Kier molecular flexibility index (Phi) is 5.02. The Balaban J connectivity index is 1.73. The van der Waals surface area contributed by atoms with Crippen molar-refractivity contribution in [3.05, 3.63) is 89.2 Å². The number of aromatic amines is 1. The van der Waals surface area contributed by atoms with Gasteiger partial charge in [-0.3, -0.25) is 9.78 Å². The quantitative estimate of drug-likeness (QED) is 0.415. The molecule has 0 aliphatic heterocycles. The number of hydrogen-bond acceptors (Lipinski definition) is 6. The lowest BCUT2D eigenvalue weighted by Gasteiger charge is -2.07. The third-order valence-electron chi connectivity index (χ3n) is 5.27. The van der Waals surface area contributed by atoms with Crippen LogP contribution in [0.2, 0.25) is 0 Å². The average Bonchev–Trinajstić information content (AvgIpc) is 3.49. The molecule has 4 aromatic heterocycles. The topological polar surface area (TPSA) is 106 Å². The van der Waals surface area contributed by atoms with Crippen molar-refractivity contribution in [3.63, 3.8) is 0 Å². The van der Waals surface area contributed by atoms with Gasteiger partial charge in [-0.2, -0.15) is 0 Å². The summed E-state index contributed by atoms with van der Waals surface area (Å²) < 4.78 is 13.0. The zero-order valence-electron chi connectivity index (χ0n) is 17.9. The van der Waals surface area contributed by atoms with Crippen molar-refractivity contribution in [1.29, 1.82) is 0 Å². The van der Waals surface area contributed by atoms with E-state index in [0.717, 1.165) is 16.9 Å². The maximum Gasteiger partial charge on any atom is 0.227 e. The van der Waals surface area contributed by atoms with Gasteiger partial charge in [0.15, 0.2) is 11.6 Å². The molecule has 0 aliphatic carbocycles. The number of aromatic nitrogens is 4. The predicted octanol–water partition coefficient (Wildman–Crippen LogP) is 4.57. The minimum absolute atomic E-state index is 0.0339. The van der Waals surface area contributed by atoms with E-state index in [1.807, 2.05) is 59.3 Å². The van der Waals surface area contributed by atoms with Crippen LogP contribution in [0.5, 0.6) is 11.5 Å². The molecule has 1 aromatic carbocycles. The van der Waals surface area contributed by atoms with Crippen LogP contribution in [0, 0.1) is 6.92 Å². The smallest absolute Gasteiger partial charge is 0.227 e. The number of H-pyrrole nitrogens is 1. The number of aromatic hydroxyl groups is 1. The van der Waals surface area contributed by atoms with Gasteiger partial charge in [0.2, 0.25) is 11.2 Å². The first-order valence-corrected chi connectivity index (χ1v) is 10.2. The fraction of sp³-hybridized carbons (Fsp3) is 0.0800. The van der Waals surface area contributed by atoms with Crippen LogP contribution in [0.4, 0.5) is 0 Å². The van der Waals surface area contributed by atoms with Gasteiger partial charge in [-0.1, -0.05) is 0 Å². The Labute approximate surface area is 188 Å². The summed E-state index contributed by atoms with van der Waals surface area (Å²) in [6, 6.07) is 16.2. The van der Waals surface area contributed by atoms with Gasteiger partial charge in [-0.25, -0.2) is 4.98 Å². The van der Waals surface area contributed by atoms with E-state index in [0.29, 0.717) is 28.7 Å². The van der Waals surface area contributed by atoms with Crippen LogP contribution >= 0.6 is 0 Å². The van der Waals surface area contributed by atoms with Gasteiger partial charge < -0.3 is 23.8 Å². The number of nitrogens with one attached hydrogen (secondary N) is 1. The molecular weight excluding hydrogens is 420 g/mol. The number of hydrogen-bond donors (Lipinski definition) is 2. The molecule has 8 heteroatoms. The Morgan fingerprint density at radius 1 is 1.09 bits per heavy atom. The number of benzene rings is 1. The molecule has 0 fully saturated rings. The van der Waals surface area contributed by atoms with Crippen molar-refractivity contribution in [2.75, 3.05) is 7.11 Å². The first-order valence-electron chi connectivity index (χ1n) is 10.2. The maximum absolute atomic E-state index is 12.3. The maximum atomic E-state index is 12.3. The molecule has 0 aliphatic rings. The van der Waals surface area contributed by atoms with Gasteiger partial charge >= 0.3 is 0 Å². The molecule has 0 bridgehead atoms. The summed E-state index contributed by atoms with van der Waals surface area (Å²) in [5.41, 5.74) is 2.87. The van der Waals surface area contributed by atoms with E-state index in [1.165, 1.54) is 6.07 Å². The molecular formula is C25H20N4O4. The zero-order valence-corrected chi connectivity index (χ0v) is 17.9.